The summed E-state index contributed by atoms with van der Waals surface area (Å²) < 4.78 is 10.7. The van der Waals surface area contributed by atoms with Gasteiger partial charge >= 0.3 is 6.09 Å². The summed E-state index contributed by atoms with van der Waals surface area (Å²) in [6.07, 6.45) is 3.73. The largest absolute Gasteiger partial charge is 0.447 e. The van der Waals surface area contributed by atoms with Crippen molar-refractivity contribution in [2.75, 3.05) is 52.5 Å². The van der Waals surface area contributed by atoms with Crippen LogP contribution in [0.3, 0.4) is 0 Å². The van der Waals surface area contributed by atoms with E-state index in [0.717, 1.165) is 65.0 Å². The molecule has 0 radical (unpaired) electrons. The Morgan fingerprint density at radius 2 is 1.65 bits per heavy atom. The van der Waals surface area contributed by atoms with Gasteiger partial charge in [-0.2, -0.15) is 0 Å². The zero-order valence-electron chi connectivity index (χ0n) is 16.2. The lowest BCUT2D eigenvalue weighted by Gasteiger charge is -2.42. The van der Waals surface area contributed by atoms with Crippen LogP contribution in [0, 0.1) is 5.92 Å². The summed E-state index contributed by atoms with van der Waals surface area (Å²) in [5, 5.41) is 0. The quantitative estimate of drug-likeness (QED) is 0.758. The van der Waals surface area contributed by atoms with Crippen LogP contribution in [0.2, 0.25) is 0 Å². The van der Waals surface area contributed by atoms with Crippen LogP contribution in [0.5, 0.6) is 0 Å². The van der Waals surface area contributed by atoms with Crippen molar-refractivity contribution in [3.63, 3.8) is 0 Å². The summed E-state index contributed by atoms with van der Waals surface area (Å²) in [6, 6.07) is 0.471. The zero-order valence-corrected chi connectivity index (χ0v) is 16.2. The Morgan fingerprint density at radius 1 is 0.962 bits per heavy atom. The molecule has 0 bridgehead atoms. The molecule has 0 N–H and O–H groups in total. The Morgan fingerprint density at radius 3 is 2.31 bits per heavy atom. The van der Waals surface area contributed by atoms with E-state index in [1.165, 1.54) is 0 Å². The van der Waals surface area contributed by atoms with Crippen LogP contribution in [-0.4, -0.2) is 91.3 Å². The van der Waals surface area contributed by atoms with E-state index in [0.29, 0.717) is 25.2 Å². The SMILES string of the molecule is CC(C)OC(=O)N1CCC(N2CCC[C@H](C(=O)N3CCOCC3)C2)CC1. The van der Waals surface area contributed by atoms with Gasteiger partial charge in [0, 0.05) is 38.8 Å². The standard InChI is InChI=1S/C19H33N3O4/c1-15(2)26-19(24)21-8-5-17(6-9-21)22-7-3-4-16(14-22)18(23)20-10-12-25-13-11-20/h15-17H,3-14H2,1-2H3/t16-/m0/s1. The van der Waals surface area contributed by atoms with Crippen molar-refractivity contribution in [1.82, 2.24) is 14.7 Å². The maximum Gasteiger partial charge on any atom is 0.410 e. The first kappa shape index (κ1) is 19.4. The van der Waals surface area contributed by atoms with Gasteiger partial charge in [-0.3, -0.25) is 9.69 Å². The molecule has 3 aliphatic heterocycles. The van der Waals surface area contributed by atoms with Gasteiger partial charge in [0.1, 0.15) is 0 Å². The van der Waals surface area contributed by atoms with Crippen molar-refractivity contribution in [2.45, 2.75) is 51.7 Å². The molecule has 3 heterocycles. The van der Waals surface area contributed by atoms with Crippen LogP contribution >= 0.6 is 0 Å². The molecule has 0 saturated carbocycles. The van der Waals surface area contributed by atoms with E-state index in [9.17, 15) is 9.59 Å². The molecule has 0 spiro atoms. The molecule has 1 atom stereocenters. The molecule has 3 aliphatic rings. The molecule has 0 unspecified atom stereocenters. The lowest BCUT2D eigenvalue weighted by molar-refractivity contribution is -0.141. The Kier molecular flexibility index (Phi) is 6.75. The normalized spacial score (nSPS) is 26.2. The number of amides is 2. The Hall–Kier alpha value is -1.34. The number of nitrogens with zero attached hydrogens (tertiary/aromatic N) is 3. The van der Waals surface area contributed by atoms with Gasteiger partial charge in [0.2, 0.25) is 5.91 Å². The lowest BCUT2D eigenvalue weighted by Crippen LogP contribution is -2.53. The number of carbonyl (C=O) groups excluding carboxylic acids is 2. The van der Waals surface area contributed by atoms with Crippen molar-refractivity contribution in [3.8, 4) is 0 Å². The number of piperidine rings is 2. The predicted octanol–water partition coefficient (Wildman–Crippen LogP) is 1.57. The number of morpholine rings is 1. The molecule has 3 saturated heterocycles. The topological polar surface area (TPSA) is 62.3 Å². The fourth-order valence-electron chi connectivity index (χ4n) is 4.27. The van der Waals surface area contributed by atoms with Crippen molar-refractivity contribution in [1.29, 1.82) is 0 Å². The average molecular weight is 367 g/mol. The molecule has 7 heteroatoms. The van der Waals surface area contributed by atoms with E-state index >= 15 is 0 Å². The molecular formula is C19H33N3O4. The third-order valence-corrected chi connectivity index (χ3v) is 5.70. The number of carbonyl (C=O) groups is 2. The molecule has 0 aromatic heterocycles. The highest BCUT2D eigenvalue weighted by atomic mass is 16.6. The van der Waals surface area contributed by atoms with Crippen LogP contribution < -0.4 is 0 Å². The summed E-state index contributed by atoms with van der Waals surface area (Å²) >= 11 is 0. The zero-order chi connectivity index (χ0) is 18.5. The molecule has 0 aromatic carbocycles. The Balaban J connectivity index is 1.48. The highest BCUT2D eigenvalue weighted by Crippen LogP contribution is 2.25. The van der Waals surface area contributed by atoms with Gasteiger partial charge in [0.05, 0.1) is 25.2 Å². The molecular weight excluding hydrogens is 334 g/mol. The van der Waals surface area contributed by atoms with Gasteiger partial charge in [-0.15, -0.1) is 0 Å². The summed E-state index contributed by atoms with van der Waals surface area (Å²) in [4.78, 5) is 31.1. The van der Waals surface area contributed by atoms with E-state index in [-0.39, 0.29) is 18.1 Å². The van der Waals surface area contributed by atoms with Crippen LogP contribution in [0.25, 0.3) is 0 Å². The molecule has 0 aliphatic carbocycles. The van der Waals surface area contributed by atoms with E-state index in [1.807, 2.05) is 23.6 Å². The van der Waals surface area contributed by atoms with Crippen LogP contribution in [0.1, 0.15) is 39.5 Å². The third-order valence-electron chi connectivity index (χ3n) is 5.70. The monoisotopic (exact) mass is 367 g/mol. The minimum atomic E-state index is -0.197. The van der Waals surface area contributed by atoms with E-state index in [4.69, 9.17) is 9.47 Å². The number of ether oxygens (including phenoxy) is 2. The summed E-state index contributed by atoms with van der Waals surface area (Å²) in [5.41, 5.74) is 0. The smallest absolute Gasteiger partial charge is 0.410 e. The molecule has 3 fully saturated rings. The van der Waals surface area contributed by atoms with E-state index < -0.39 is 0 Å². The summed E-state index contributed by atoms with van der Waals surface area (Å²) in [7, 11) is 0. The summed E-state index contributed by atoms with van der Waals surface area (Å²) in [6.45, 7) is 9.94. The molecule has 2 amide bonds. The van der Waals surface area contributed by atoms with Gasteiger partial charge in [-0.05, 0) is 46.1 Å². The van der Waals surface area contributed by atoms with Crippen molar-refractivity contribution in [3.05, 3.63) is 0 Å². The van der Waals surface area contributed by atoms with Crippen LogP contribution in [-0.2, 0) is 14.3 Å². The number of hydrogen-bond donors (Lipinski definition) is 0. The van der Waals surface area contributed by atoms with Gasteiger partial charge in [-0.25, -0.2) is 4.79 Å². The molecule has 7 nitrogen and oxygen atoms in total. The fourth-order valence-corrected chi connectivity index (χ4v) is 4.27. The lowest BCUT2D eigenvalue weighted by atomic mass is 9.93. The summed E-state index contributed by atoms with van der Waals surface area (Å²) in [5.74, 6) is 0.418. The maximum atomic E-state index is 12.8. The molecule has 0 aromatic rings. The van der Waals surface area contributed by atoms with E-state index in [2.05, 4.69) is 4.90 Å². The van der Waals surface area contributed by atoms with Crippen LogP contribution in [0.15, 0.2) is 0 Å². The second-order valence-electron chi connectivity index (χ2n) is 7.92. The van der Waals surface area contributed by atoms with E-state index in [1.54, 1.807) is 0 Å². The van der Waals surface area contributed by atoms with Gasteiger partial charge in [0.25, 0.3) is 0 Å². The first-order valence-electron chi connectivity index (χ1n) is 10.1. The third kappa shape index (κ3) is 4.88. The van der Waals surface area contributed by atoms with Crippen molar-refractivity contribution >= 4 is 12.0 Å². The molecule has 148 valence electrons. The Labute approximate surface area is 156 Å². The second kappa shape index (κ2) is 9.04. The minimum Gasteiger partial charge on any atom is -0.447 e. The van der Waals surface area contributed by atoms with Gasteiger partial charge < -0.3 is 19.3 Å². The van der Waals surface area contributed by atoms with Gasteiger partial charge in [0.15, 0.2) is 0 Å². The maximum absolute atomic E-state index is 12.8. The van der Waals surface area contributed by atoms with Crippen molar-refractivity contribution < 1.29 is 19.1 Å². The number of likely N-dealkylation sites (tertiary alicyclic amines) is 2. The average Bonchev–Trinajstić information content (AvgIpc) is 2.68. The molecule has 3 rings (SSSR count). The van der Waals surface area contributed by atoms with Gasteiger partial charge in [-0.1, -0.05) is 0 Å². The first-order chi connectivity index (χ1) is 12.5. The minimum absolute atomic E-state index is 0.0747. The predicted molar refractivity (Wildman–Crippen MR) is 97.9 cm³/mol. The highest BCUT2D eigenvalue weighted by Gasteiger charge is 2.34. The van der Waals surface area contributed by atoms with Crippen LogP contribution in [0.4, 0.5) is 4.79 Å². The number of rotatable bonds is 3. The first-order valence-corrected chi connectivity index (χ1v) is 10.1. The Bertz CT molecular complexity index is 485. The number of hydrogen-bond acceptors (Lipinski definition) is 5. The second-order valence-corrected chi connectivity index (χ2v) is 7.92. The highest BCUT2D eigenvalue weighted by molar-refractivity contribution is 5.79. The molecule has 26 heavy (non-hydrogen) atoms. The van der Waals surface area contributed by atoms with Crippen molar-refractivity contribution in [2.24, 2.45) is 5.92 Å². The fraction of sp³-hybridized carbons (Fsp3) is 0.895.